The van der Waals surface area contributed by atoms with Gasteiger partial charge < -0.3 is 19.6 Å². The Hall–Kier alpha value is -3.19. The summed E-state index contributed by atoms with van der Waals surface area (Å²) < 4.78 is 5.77. The van der Waals surface area contributed by atoms with Crippen LogP contribution in [0.4, 0.5) is 0 Å². The minimum atomic E-state index is -0.689. The van der Waals surface area contributed by atoms with Crippen LogP contribution in [0.1, 0.15) is 37.4 Å². The van der Waals surface area contributed by atoms with Crippen LogP contribution in [0.3, 0.4) is 0 Å². The summed E-state index contributed by atoms with van der Waals surface area (Å²) in [5.41, 5.74) is 1.20. The molecule has 1 aliphatic rings. The quantitative estimate of drug-likeness (QED) is 0.367. The van der Waals surface area contributed by atoms with E-state index in [0.717, 1.165) is 6.54 Å². The van der Waals surface area contributed by atoms with E-state index >= 15 is 0 Å². The van der Waals surface area contributed by atoms with Gasteiger partial charge in [-0.15, -0.1) is 0 Å². The number of pyridine rings is 1. The van der Waals surface area contributed by atoms with Crippen molar-refractivity contribution < 1.29 is 19.4 Å². The van der Waals surface area contributed by atoms with Crippen molar-refractivity contribution in [3.63, 3.8) is 0 Å². The number of aliphatic hydroxyl groups excluding tert-OH is 1. The molecule has 32 heavy (non-hydrogen) atoms. The van der Waals surface area contributed by atoms with Crippen molar-refractivity contribution >= 4 is 17.4 Å². The zero-order valence-corrected chi connectivity index (χ0v) is 19.1. The minimum absolute atomic E-state index is 0.0777. The van der Waals surface area contributed by atoms with E-state index < -0.39 is 17.7 Å². The van der Waals surface area contributed by atoms with Gasteiger partial charge in [0, 0.05) is 24.5 Å². The van der Waals surface area contributed by atoms with Crippen LogP contribution in [-0.4, -0.2) is 65.4 Å². The zero-order valence-electron chi connectivity index (χ0n) is 19.1. The molecule has 1 aromatic carbocycles. The summed E-state index contributed by atoms with van der Waals surface area (Å²) in [7, 11) is 3.92. The molecule has 0 radical (unpaired) electrons. The molecule has 1 aromatic heterocycles. The van der Waals surface area contributed by atoms with Gasteiger partial charge in [-0.05, 0) is 56.7 Å². The fourth-order valence-corrected chi connectivity index (χ4v) is 3.70. The lowest BCUT2D eigenvalue weighted by atomic mass is 9.96. The predicted molar refractivity (Wildman–Crippen MR) is 123 cm³/mol. The highest BCUT2D eigenvalue weighted by Crippen LogP contribution is 2.39. The van der Waals surface area contributed by atoms with Crippen molar-refractivity contribution in [1.82, 2.24) is 14.8 Å². The summed E-state index contributed by atoms with van der Waals surface area (Å²) in [6, 6.07) is 9.85. The molecule has 1 fully saturated rings. The first-order valence-corrected chi connectivity index (χ1v) is 10.9. The number of benzene rings is 1. The van der Waals surface area contributed by atoms with E-state index in [0.29, 0.717) is 42.4 Å². The van der Waals surface area contributed by atoms with Gasteiger partial charge in [0.05, 0.1) is 18.2 Å². The number of carbonyl (C=O) groups is 2. The maximum Gasteiger partial charge on any atom is 0.295 e. The molecule has 0 spiro atoms. The van der Waals surface area contributed by atoms with Gasteiger partial charge in [0.25, 0.3) is 11.7 Å². The summed E-state index contributed by atoms with van der Waals surface area (Å²) >= 11 is 0. The van der Waals surface area contributed by atoms with Crippen molar-refractivity contribution in [1.29, 1.82) is 0 Å². The first-order valence-electron chi connectivity index (χ1n) is 10.9. The van der Waals surface area contributed by atoms with Crippen LogP contribution in [-0.2, 0) is 9.59 Å². The highest BCUT2D eigenvalue weighted by molar-refractivity contribution is 6.46. The molecule has 7 heteroatoms. The monoisotopic (exact) mass is 437 g/mol. The molecule has 170 valence electrons. The number of Topliss-reactive ketones (excluding diaryl/α,β-unsaturated/α-hetero) is 1. The van der Waals surface area contributed by atoms with Gasteiger partial charge in [-0.2, -0.15) is 0 Å². The molecule has 0 saturated carbocycles. The molecule has 0 bridgehead atoms. The van der Waals surface area contributed by atoms with Crippen molar-refractivity contribution in [3.8, 4) is 5.75 Å². The molecule has 2 aromatic rings. The molecular formula is C25H31N3O4. The van der Waals surface area contributed by atoms with Crippen molar-refractivity contribution in [2.24, 2.45) is 5.92 Å². The number of hydrogen-bond donors (Lipinski definition) is 1. The fraction of sp³-hybridized carbons (Fsp3) is 0.400. The van der Waals surface area contributed by atoms with E-state index in [1.807, 2.05) is 25.1 Å². The Morgan fingerprint density at radius 3 is 2.66 bits per heavy atom. The van der Waals surface area contributed by atoms with Crippen molar-refractivity contribution in [2.75, 3.05) is 33.8 Å². The number of amides is 1. The van der Waals surface area contributed by atoms with E-state index in [1.165, 1.54) is 4.90 Å². The second kappa shape index (κ2) is 10.4. The third-order valence-corrected chi connectivity index (χ3v) is 5.24. The summed E-state index contributed by atoms with van der Waals surface area (Å²) in [4.78, 5) is 33.7. The summed E-state index contributed by atoms with van der Waals surface area (Å²) in [5, 5.41) is 11.2. The smallest absolute Gasteiger partial charge is 0.295 e. The lowest BCUT2D eigenvalue weighted by molar-refractivity contribution is -0.139. The third kappa shape index (κ3) is 5.34. The van der Waals surface area contributed by atoms with Crippen LogP contribution in [0.2, 0.25) is 0 Å². The molecule has 1 aliphatic heterocycles. The van der Waals surface area contributed by atoms with E-state index in [2.05, 4.69) is 18.8 Å². The van der Waals surface area contributed by atoms with Crippen LogP contribution in [0, 0.1) is 5.92 Å². The van der Waals surface area contributed by atoms with E-state index in [1.54, 1.807) is 42.7 Å². The second-order valence-corrected chi connectivity index (χ2v) is 8.67. The summed E-state index contributed by atoms with van der Waals surface area (Å²) in [6.07, 6.45) is 3.97. The average Bonchev–Trinajstić information content (AvgIpc) is 3.03. The lowest BCUT2D eigenvalue weighted by Crippen LogP contribution is -2.32. The van der Waals surface area contributed by atoms with Crippen LogP contribution >= 0.6 is 0 Å². The molecule has 1 amide bonds. The average molecular weight is 438 g/mol. The Balaban J connectivity index is 2.02. The number of aromatic nitrogens is 1. The standard InChI is InChI=1S/C25H31N3O4/c1-17(2)16-32-20-10-5-8-18(14-20)23(29)21-22(19-9-6-11-26-15-19)28(25(31)24(21)30)13-7-12-27(3)4/h5-6,8-11,14-15,17,22,29H,7,12-13,16H2,1-4H3/b23-21-. The van der Waals surface area contributed by atoms with Crippen LogP contribution < -0.4 is 4.74 Å². The number of hydrogen-bond acceptors (Lipinski definition) is 6. The van der Waals surface area contributed by atoms with Crippen LogP contribution in [0.5, 0.6) is 5.75 Å². The molecule has 3 rings (SSSR count). The number of nitrogens with zero attached hydrogens (tertiary/aromatic N) is 3. The number of rotatable bonds is 9. The van der Waals surface area contributed by atoms with Gasteiger partial charge in [-0.1, -0.05) is 32.0 Å². The Labute approximate surface area is 189 Å². The molecule has 1 unspecified atom stereocenters. The minimum Gasteiger partial charge on any atom is -0.507 e. The molecular weight excluding hydrogens is 406 g/mol. The topological polar surface area (TPSA) is 83.0 Å². The third-order valence-electron chi connectivity index (χ3n) is 5.24. The SMILES string of the molecule is CC(C)COc1cccc(/C(O)=C2/C(=O)C(=O)N(CCCN(C)C)C2c2cccnc2)c1. The Bertz CT molecular complexity index is 986. The summed E-state index contributed by atoms with van der Waals surface area (Å²) in [6.45, 7) is 5.82. The predicted octanol–water partition coefficient (Wildman–Crippen LogP) is 3.49. The number of aliphatic hydroxyl groups is 1. The van der Waals surface area contributed by atoms with Crippen molar-refractivity contribution in [2.45, 2.75) is 26.3 Å². The molecule has 0 aliphatic carbocycles. The molecule has 1 N–H and O–H groups in total. The molecule has 2 heterocycles. The van der Waals surface area contributed by atoms with Gasteiger partial charge in [0.15, 0.2) is 0 Å². The zero-order chi connectivity index (χ0) is 23.3. The Morgan fingerprint density at radius 1 is 1.22 bits per heavy atom. The largest absolute Gasteiger partial charge is 0.507 e. The van der Waals surface area contributed by atoms with Crippen molar-refractivity contribution in [3.05, 3.63) is 65.5 Å². The van der Waals surface area contributed by atoms with Gasteiger partial charge in [-0.3, -0.25) is 14.6 Å². The van der Waals surface area contributed by atoms with Gasteiger partial charge in [-0.25, -0.2) is 0 Å². The molecule has 7 nitrogen and oxygen atoms in total. The van der Waals surface area contributed by atoms with Gasteiger partial charge >= 0.3 is 0 Å². The van der Waals surface area contributed by atoms with Gasteiger partial charge in [0.1, 0.15) is 11.5 Å². The first-order chi connectivity index (χ1) is 15.3. The Kier molecular flexibility index (Phi) is 7.64. The maximum absolute atomic E-state index is 13.0. The normalized spacial score (nSPS) is 18.1. The number of carbonyl (C=O) groups excluding carboxylic acids is 2. The molecule has 1 atom stereocenters. The number of ether oxygens (including phenoxy) is 1. The van der Waals surface area contributed by atoms with Gasteiger partial charge in [0.2, 0.25) is 0 Å². The van der Waals surface area contributed by atoms with E-state index in [-0.39, 0.29) is 11.3 Å². The second-order valence-electron chi connectivity index (χ2n) is 8.67. The maximum atomic E-state index is 13.0. The van der Waals surface area contributed by atoms with E-state index in [4.69, 9.17) is 4.74 Å². The lowest BCUT2D eigenvalue weighted by Gasteiger charge is -2.25. The highest BCUT2D eigenvalue weighted by Gasteiger charge is 2.45. The van der Waals surface area contributed by atoms with Crippen LogP contribution in [0.25, 0.3) is 5.76 Å². The highest BCUT2D eigenvalue weighted by atomic mass is 16.5. The number of likely N-dealkylation sites (tertiary alicyclic amines) is 1. The first kappa shape index (κ1) is 23.5. The molecule has 1 saturated heterocycles. The number of ketones is 1. The summed E-state index contributed by atoms with van der Waals surface area (Å²) in [5.74, 6) is -0.547. The Morgan fingerprint density at radius 2 is 2.00 bits per heavy atom. The van der Waals surface area contributed by atoms with Crippen LogP contribution in [0.15, 0.2) is 54.4 Å². The fourth-order valence-electron chi connectivity index (χ4n) is 3.70. The van der Waals surface area contributed by atoms with E-state index in [9.17, 15) is 14.7 Å².